The molecule has 0 fully saturated rings. The first-order chi connectivity index (χ1) is 9.31. The largest absolute Gasteiger partial charge is 0.465 e. The first-order valence-electron chi connectivity index (χ1n) is 7.06. The molecule has 1 unspecified atom stereocenters. The molecule has 1 rings (SSSR count). The predicted molar refractivity (Wildman–Crippen MR) is 80.3 cm³/mol. The van der Waals surface area contributed by atoms with Gasteiger partial charge in [-0.05, 0) is 34.2 Å². The van der Waals surface area contributed by atoms with E-state index < -0.39 is 10.0 Å². The minimum Gasteiger partial charge on any atom is -0.465 e. The van der Waals surface area contributed by atoms with Crippen molar-refractivity contribution < 1.29 is 12.8 Å². The van der Waals surface area contributed by atoms with Gasteiger partial charge >= 0.3 is 0 Å². The van der Waals surface area contributed by atoms with Crippen LogP contribution in [0.4, 0.5) is 0 Å². The molecule has 1 atom stereocenters. The summed E-state index contributed by atoms with van der Waals surface area (Å²) in [6.07, 6.45) is 0.782. The van der Waals surface area contributed by atoms with Crippen molar-refractivity contribution in [1.29, 1.82) is 0 Å². The molecule has 20 heavy (non-hydrogen) atoms. The summed E-state index contributed by atoms with van der Waals surface area (Å²) >= 11 is 0. The standard InChI is InChI=1S/C14H26N2O3S/c1-7-10(3)16(8-2)20(17,18)14-12(5)19-11(4)13(14)9-15-6/h10,15H,7-9H2,1-6H3. The topological polar surface area (TPSA) is 62.6 Å². The zero-order valence-corrected chi connectivity index (χ0v) is 14.1. The van der Waals surface area contributed by atoms with E-state index in [1.807, 2.05) is 20.8 Å². The summed E-state index contributed by atoms with van der Waals surface area (Å²) < 4.78 is 33.0. The fourth-order valence-electron chi connectivity index (χ4n) is 2.47. The number of furan rings is 1. The van der Waals surface area contributed by atoms with Gasteiger partial charge in [-0.25, -0.2) is 8.42 Å². The van der Waals surface area contributed by atoms with Gasteiger partial charge in [0.05, 0.1) is 0 Å². The first kappa shape index (κ1) is 17.2. The Morgan fingerprint density at radius 1 is 1.25 bits per heavy atom. The van der Waals surface area contributed by atoms with Crippen LogP contribution in [0, 0.1) is 13.8 Å². The van der Waals surface area contributed by atoms with E-state index in [0.29, 0.717) is 29.5 Å². The van der Waals surface area contributed by atoms with Gasteiger partial charge in [-0.1, -0.05) is 13.8 Å². The highest BCUT2D eigenvalue weighted by Gasteiger charge is 2.33. The quantitative estimate of drug-likeness (QED) is 0.840. The molecular weight excluding hydrogens is 276 g/mol. The Morgan fingerprint density at radius 2 is 1.85 bits per heavy atom. The van der Waals surface area contributed by atoms with E-state index in [4.69, 9.17) is 4.42 Å². The number of hydrogen-bond donors (Lipinski definition) is 1. The van der Waals surface area contributed by atoms with Crippen LogP contribution in [0.5, 0.6) is 0 Å². The molecule has 0 bridgehead atoms. The molecule has 0 saturated heterocycles. The molecule has 1 N–H and O–H groups in total. The van der Waals surface area contributed by atoms with Crippen molar-refractivity contribution >= 4 is 10.0 Å². The molecule has 0 aromatic carbocycles. The van der Waals surface area contributed by atoms with Gasteiger partial charge in [-0.15, -0.1) is 0 Å². The average Bonchev–Trinajstić information content (AvgIpc) is 2.65. The smallest absolute Gasteiger partial charge is 0.247 e. The van der Waals surface area contributed by atoms with E-state index in [0.717, 1.165) is 12.0 Å². The lowest BCUT2D eigenvalue weighted by Crippen LogP contribution is -2.38. The summed E-state index contributed by atoms with van der Waals surface area (Å²) in [6, 6.07) is -0.0259. The van der Waals surface area contributed by atoms with Crippen LogP contribution in [0.15, 0.2) is 9.31 Å². The molecule has 0 saturated carbocycles. The fourth-order valence-corrected chi connectivity index (χ4v) is 4.60. The van der Waals surface area contributed by atoms with Crippen molar-refractivity contribution in [3.63, 3.8) is 0 Å². The number of aryl methyl sites for hydroxylation is 2. The Balaban J connectivity index is 3.41. The summed E-state index contributed by atoms with van der Waals surface area (Å²) in [7, 11) is -1.73. The van der Waals surface area contributed by atoms with Crippen LogP contribution in [-0.2, 0) is 16.6 Å². The fraction of sp³-hybridized carbons (Fsp3) is 0.714. The van der Waals surface area contributed by atoms with Gasteiger partial charge in [0.25, 0.3) is 0 Å². The van der Waals surface area contributed by atoms with E-state index >= 15 is 0 Å². The Labute approximate surface area is 122 Å². The molecule has 6 heteroatoms. The molecule has 0 amide bonds. The second-order valence-electron chi connectivity index (χ2n) is 5.02. The van der Waals surface area contributed by atoms with Gasteiger partial charge in [0.1, 0.15) is 16.4 Å². The zero-order valence-electron chi connectivity index (χ0n) is 13.3. The van der Waals surface area contributed by atoms with Crippen LogP contribution < -0.4 is 5.32 Å². The van der Waals surface area contributed by atoms with Crippen molar-refractivity contribution in [2.24, 2.45) is 0 Å². The maximum absolute atomic E-state index is 12.9. The number of rotatable bonds is 7. The zero-order chi connectivity index (χ0) is 15.5. The predicted octanol–water partition coefficient (Wildman–Crippen LogP) is 2.42. The lowest BCUT2D eigenvalue weighted by atomic mass is 10.2. The first-order valence-corrected chi connectivity index (χ1v) is 8.50. The maximum Gasteiger partial charge on any atom is 0.247 e. The lowest BCUT2D eigenvalue weighted by molar-refractivity contribution is 0.341. The number of nitrogens with one attached hydrogen (secondary N) is 1. The average molecular weight is 302 g/mol. The van der Waals surface area contributed by atoms with Crippen molar-refractivity contribution in [2.45, 2.75) is 58.5 Å². The SMILES string of the molecule is CCC(C)N(CC)S(=O)(=O)c1c(C)oc(C)c1CNC. The highest BCUT2D eigenvalue weighted by molar-refractivity contribution is 7.89. The summed E-state index contributed by atoms with van der Waals surface area (Å²) in [5.41, 5.74) is 0.728. The van der Waals surface area contributed by atoms with Crippen molar-refractivity contribution in [2.75, 3.05) is 13.6 Å². The summed E-state index contributed by atoms with van der Waals surface area (Å²) in [5, 5.41) is 3.01. The van der Waals surface area contributed by atoms with Crippen LogP contribution in [0.2, 0.25) is 0 Å². The molecule has 0 spiro atoms. The monoisotopic (exact) mass is 302 g/mol. The molecule has 0 radical (unpaired) electrons. The Morgan fingerprint density at radius 3 is 2.30 bits per heavy atom. The number of hydrogen-bond acceptors (Lipinski definition) is 4. The third kappa shape index (κ3) is 3.07. The van der Waals surface area contributed by atoms with Crippen LogP contribution in [0.25, 0.3) is 0 Å². The molecular formula is C14H26N2O3S. The third-order valence-corrected chi connectivity index (χ3v) is 5.92. The minimum absolute atomic E-state index is 0.0259. The molecule has 5 nitrogen and oxygen atoms in total. The van der Waals surface area contributed by atoms with Gasteiger partial charge < -0.3 is 9.73 Å². The van der Waals surface area contributed by atoms with E-state index in [9.17, 15) is 8.42 Å². The minimum atomic E-state index is -3.53. The summed E-state index contributed by atoms with van der Waals surface area (Å²) in [5.74, 6) is 1.13. The van der Waals surface area contributed by atoms with Crippen LogP contribution in [0.3, 0.4) is 0 Å². The van der Waals surface area contributed by atoms with E-state index in [1.165, 1.54) is 0 Å². The molecule has 0 aliphatic rings. The lowest BCUT2D eigenvalue weighted by Gasteiger charge is -2.26. The van der Waals surface area contributed by atoms with Crippen molar-refractivity contribution in [1.82, 2.24) is 9.62 Å². The Bertz CT molecular complexity index is 549. The molecule has 1 aromatic rings. The Hall–Kier alpha value is -0.850. The van der Waals surface area contributed by atoms with Gasteiger partial charge in [-0.3, -0.25) is 0 Å². The van der Waals surface area contributed by atoms with Crippen molar-refractivity contribution in [3.05, 3.63) is 17.1 Å². The highest BCUT2D eigenvalue weighted by atomic mass is 32.2. The van der Waals surface area contributed by atoms with Crippen molar-refractivity contribution in [3.8, 4) is 0 Å². The maximum atomic E-state index is 12.9. The van der Waals surface area contributed by atoms with E-state index in [1.54, 1.807) is 25.2 Å². The Kier molecular flexibility index (Phi) is 5.79. The number of nitrogens with zero attached hydrogens (tertiary/aromatic N) is 1. The molecule has 1 heterocycles. The second-order valence-corrected chi connectivity index (χ2v) is 6.85. The van der Waals surface area contributed by atoms with Crippen LogP contribution >= 0.6 is 0 Å². The second kappa shape index (κ2) is 6.74. The molecule has 116 valence electrons. The molecule has 0 aliphatic carbocycles. The normalized spacial score (nSPS) is 13.9. The van der Waals surface area contributed by atoms with Gasteiger partial charge in [-0.2, -0.15) is 4.31 Å². The van der Waals surface area contributed by atoms with Gasteiger partial charge in [0.2, 0.25) is 10.0 Å². The molecule has 1 aromatic heterocycles. The third-order valence-electron chi connectivity index (χ3n) is 3.64. The molecule has 0 aliphatic heterocycles. The summed E-state index contributed by atoms with van der Waals surface area (Å²) in [4.78, 5) is 0.325. The highest BCUT2D eigenvalue weighted by Crippen LogP contribution is 2.30. The van der Waals surface area contributed by atoms with E-state index in [-0.39, 0.29) is 6.04 Å². The summed E-state index contributed by atoms with van der Waals surface area (Å²) in [6.45, 7) is 10.2. The number of sulfonamides is 1. The van der Waals surface area contributed by atoms with E-state index in [2.05, 4.69) is 5.32 Å². The van der Waals surface area contributed by atoms with Gasteiger partial charge in [0, 0.05) is 24.7 Å². The van der Waals surface area contributed by atoms with Crippen LogP contribution in [0.1, 0.15) is 44.3 Å². The van der Waals surface area contributed by atoms with Gasteiger partial charge in [0.15, 0.2) is 0 Å². The van der Waals surface area contributed by atoms with Crippen LogP contribution in [-0.4, -0.2) is 32.4 Å².